The van der Waals surface area contributed by atoms with Gasteiger partial charge in [0.25, 0.3) is 0 Å². The van der Waals surface area contributed by atoms with Gasteiger partial charge < -0.3 is 19.7 Å². The number of aromatic nitrogens is 2. The van der Waals surface area contributed by atoms with Gasteiger partial charge in [0.05, 0.1) is 25.2 Å². The summed E-state index contributed by atoms with van der Waals surface area (Å²) in [6.45, 7) is 2.06. The molecule has 6 nitrogen and oxygen atoms in total. The summed E-state index contributed by atoms with van der Waals surface area (Å²) >= 11 is 0. The Hall–Kier alpha value is -1.40. The van der Waals surface area contributed by atoms with E-state index in [-0.39, 0.29) is 25.7 Å². The Bertz CT molecular complexity index is 494. The van der Waals surface area contributed by atoms with Gasteiger partial charge in [-0.25, -0.2) is 4.98 Å². The van der Waals surface area contributed by atoms with E-state index in [9.17, 15) is 15.0 Å². The molecule has 6 heteroatoms. The minimum atomic E-state index is -0.668. The van der Waals surface area contributed by atoms with Crippen LogP contribution >= 0.6 is 0 Å². The number of rotatable bonds is 6. The fourth-order valence-corrected chi connectivity index (χ4v) is 2.74. The topological polar surface area (TPSA) is 78.6 Å². The van der Waals surface area contributed by atoms with Crippen molar-refractivity contribution in [1.29, 1.82) is 0 Å². The Morgan fingerprint density at radius 2 is 2.05 bits per heavy atom. The van der Waals surface area contributed by atoms with E-state index in [1.807, 2.05) is 4.57 Å². The Labute approximate surface area is 125 Å². The molecule has 0 unspecified atom stereocenters. The van der Waals surface area contributed by atoms with Crippen molar-refractivity contribution in [1.82, 2.24) is 14.5 Å². The zero-order valence-corrected chi connectivity index (χ0v) is 12.9. The molecule has 0 fully saturated rings. The van der Waals surface area contributed by atoms with Gasteiger partial charge in [0.15, 0.2) is 0 Å². The maximum absolute atomic E-state index is 12.3. The highest BCUT2D eigenvalue weighted by Gasteiger charge is 2.27. The molecule has 1 aromatic rings. The van der Waals surface area contributed by atoms with Crippen LogP contribution in [-0.2, 0) is 24.2 Å². The van der Waals surface area contributed by atoms with E-state index in [4.69, 9.17) is 0 Å². The molecule has 2 rings (SSSR count). The number of aliphatic hydroxyl groups is 2. The summed E-state index contributed by atoms with van der Waals surface area (Å²) in [5, 5.41) is 18.6. The number of hydrogen-bond acceptors (Lipinski definition) is 4. The van der Waals surface area contributed by atoms with Crippen LogP contribution in [0.15, 0.2) is 6.33 Å². The number of likely N-dealkylation sites (N-methyl/N-ethyl adjacent to an activating group) is 1. The molecule has 1 aliphatic rings. The summed E-state index contributed by atoms with van der Waals surface area (Å²) in [5.74, 6) is -0.0334. The fraction of sp³-hybridized carbons (Fsp3) is 0.733. The molecule has 0 saturated carbocycles. The molecule has 0 aromatic carbocycles. The van der Waals surface area contributed by atoms with Gasteiger partial charge >= 0.3 is 0 Å². The number of carbonyl (C=O) groups is 1. The molecule has 1 heterocycles. The number of nitrogens with zero attached hydrogens (tertiary/aromatic N) is 3. The fourth-order valence-electron chi connectivity index (χ4n) is 2.74. The summed E-state index contributed by atoms with van der Waals surface area (Å²) in [6, 6.07) is 0. The van der Waals surface area contributed by atoms with Crippen molar-refractivity contribution < 1.29 is 15.0 Å². The van der Waals surface area contributed by atoms with Crippen LogP contribution < -0.4 is 0 Å². The third-order valence-electron chi connectivity index (χ3n) is 4.22. The van der Waals surface area contributed by atoms with Crippen molar-refractivity contribution in [2.75, 3.05) is 26.8 Å². The average molecular weight is 295 g/mol. The van der Waals surface area contributed by atoms with E-state index in [1.165, 1.54) is 12.1 Å². The van der Waals surface area contributed by atoms with E-state index in [0.29, 0.717) is 6.54 Å². The van der Waals surface area contributed by atoms with Crippen LogP contribution in [0.25, 0.3) is 0 Å². The van der Waals surface area contributed by atoms with Crippen molar-refractivity contribution in [2.24, 2.45) is 5.41 Å². The second-order valence-corrected chi connectivity index (χ2v) is 6.35. The SMILES string of the molecule is CN(CC(C)(CO)CO)C(=O)Cn1cnc2c1CCCC2. The number of amides is 1. The minimum absolute atomic E-state index is 0.0334. The first-order chi connectivity index (χ1) is 9.99. The number of fused-ring (bicyclic) bond motifs is 1. The van der Waals surface area contributed by atoms with Crippen molar-refractivity contribution in [3.8, 4) is 0 Å². The van der Waals surface area contributed by atoms with Crippen LogP contribution in [0.4, 0.5) is 0 Å². The van der Waals surface area contributed by atoms with Gasteiger partial charge in [-0.3, -0.25) is 4.79 Å². The number of carbonyl (C=O) groups excluding carboxylic acids is 1. The quantitative estimate of drug-likeness (QED) is 0.786. The van der Waals surface area contributed by atoms with Gasteiger partial charge in [0.2, 0.25) is 5.91 Å². The lowest BCUT2D eigenvalue weighted by atomic mass is 9.92. The standard InChI is InChI=1S/C15H25N3O3/c1-15(9-19,10-20)8-17(2)14(21)7-18-11-16-12-5-3-4-6-13(12)18/h11,19-20H,3-10H2,1-2H3. The third-order valence-corrected chi connectivity index (χ3v) is 4.22. The summed E-state index contributed by atoms with van der Waals surface area (Å²) < 4.78 is 1.93. The summed E-state index contributed by atoms with van der Waals surface area (Å²) in [4.78, 5) is 18.3. The summed E-state index contributed by atoms with van der Waals surface area (Å²) in [5.41, 5.74) is 1.63. The van der Waals surface area contributed by atoms with Crippen LogP contribution in [-0.4, -0.2) is 57.4 Å². The minimum Gasteiger partial charge on any atom is -0.396 e. The maximum atomic E-state index is 12.3. The number of aliphatic hydroxyl groups excluding tert-OH is 2. The molecule has 0 atom stereocenters. The highest BCUT2D eigenvalue weighted by atomic mass is 16.3. The number of hydrogen-bond donors (Lipinski definition) is 2. The molecule has 118 valence electrons. The first-order valence-electron chi connectivity index (χ1n) is 7.47. The average Bonchev–Trinajstić information content (AvgIpc) is 2.90. The number of aryl methyl sites for hydroxylation is 1. The number of imidazole rings is 1. The smallest absolute Gasteiger partial charge is 0.242 e. The lowest BCUT2D eigenvalue weighted by molar-refractivity contribution is -0.132. The summed E-state index contributed by atoms with van der Waals surface area (Å²) in [6.07, 6.45) is 6.05. The normalized spacial score (nSPS) is 14.9. The molecule has 0 spiro atoms. The van der Waals surface area contributed by atoms with Gasteiger partial charge in [-0.2, -0.15) is 0 Å². The van der Waals surface area contributed by atoms with Crippen LogP contribution in [0.1, 0.15) is 31.2 Å². The molecule has 2 N–H and O–H groups in total. The highest BCUT2D eigenvalue weighted by molar-refractivity contribution is 5.75. The first-order valence-corrected chi connectivity index (χ1v) is 7.47. The van der Waals surface area contributed by atoms with Crippen LogP contribution in [0.3, 0.4) is 0 Å². The third kappa shape index (κ3) is 3.63. The molecule has 21 heavy (non-hydrogen) atoms. The van der Waals surface area contributed by atoms with Crippen molar-refractivity contribution in [2.45, 2.75) is 39.2 Å². The summed E-state index contributed by atoms with van der Waals surface area (Å²) in [7, 11) is 1.70. The van der Waals surface area contributed by atoms with E-state index in [1.54, 1.807) is 25.2 Å². The van der Waals surface area contributed by atoms with E-state index in [0.717, 1.165) is 25.0 Å². The first kappa shape index (κ1) is 16.0. The monoisotopic (exact) mass is 295 g/mol. The molecule has 0 saturated heterocycles. The Morgan fingerprint density at radius 3 is 2.71 bits per heavy atom. The second-order valence-electron chi connectivity index (χ2n) is 6.35. The molecule has 1 amide bonds. The van der Waals surface area contributed by atoms with Crippen molar-refractivity contribution in [3.05, 3.63) is 17.7 Å². The Balaban J connectivity index is 1.99. The Morgan fingerprint density at radius 1 is 1.38 bits per heavy atom. The highest BCUT2D eigenvalue weighted by Crippen LogP contribution is 2.20. The molecule has 0 bridgehead atoms. The largest absolute Gasteiger partial charge is 0.396 e. The van der Waals surface area contributed by atoms with Crippen LogP contribution in [0, 0.1) is 5.41 Å². The van der Waals surface area contributed by atoms with E-state index in [2.05, 4.69) is 4.98 Å². The van der Waals surface area contributed by atoms with E-state index >= 15 is 0 Å². The van der Waals surface area contributed by atoms with Crippen molar-refractivity contribution in [3.63, 3.8) is 0 Å². The molecule has 0 radical (unpaired) electrons. The molecule has 1 aromatic heterocycles. The predicted molar refractivity (Wildman–Crippen MR) is 78.8 cm³/mol. The van der Waals surface area contributed by atoms with Crippen LogP contribution in [0.5, 0.6) is 0 Å². The maximum Gasteiger partial charge on any atom is 0.242 e. The zero-order chi connectivity index (χ0) is 15.5. The molecule has 1 aliphatic carbocycles. The molecular formula is C15H25N3O3. The van der Waals surface area contributed by atoms with Crippen molar-refractivity contribution >= 4 is 5.91 Å². The van der Waals surface area contributed by atoms with E-state index < -0.39 is 5.41 Å². The van der Waals surface area contributed by atoms with Gasteiger partial charge in [-0.05, 0) is 25.7 Å². The van der Waals surface area contributed by atoms with Gasteiger partial charge in [-0.1, -0.05) is 6.92 Å². The van der Waals surface area contributed by atoms with Gasteiger partial charge in [-0.15, -0.1) is 0 Å². The van der Waals surface area contributed by atoms with Gasteiger partial charge in [0.1, 0.15) is 6.54 Å². The van der Waals surface area contributed by atoms with Crippen LogP contribution in [0.2, 0.25) is 0 Å². The molecule has 0 aliphatic heterocycles. The second kappa shape index (κ2) is 6.58. The molecular weight excluding hydrogens is 270 g/mol. The zero-order valence-electron chi connectivity index (χ0n) is 12.9. The predicted octanol–water partition coefficient (Wildman–Crippen LogP) is 0.211. The van der Waals surface area contributed by atoms with Gasteiger partial charge in [0, 0.05) is 24.7 Å². The lowest BCUT2D eigenvalue weighted by Gasteiger charge is -2.30. The Kier molecular flexibility index (Phi) is 5.00. The lowest BCUT2D eigenvalue weighted by Crippen LogP contribution is -2.42.